The first kappa shape index (κ1) is 25.2. The lowest BCUT2D eigenvalue weighted by Crippen LogP contribution is -2.48. The van der Waals surface area contributed by atoms with Crippen molar-refractivity contribution in [3.63, 3.8) is 0 Å². The monoisotopic (exact) mass is 406 g/mol. The molecule has 0 aliphatic heterocycles. The molecule has 1 aromatic carbocycles. The van der Waals surface area contributed by atoms with E-state index >= 15 is 0 Å². The highest BCUT2D eigenvalue weighted by molar-refractivity contribution is 5.83. The molecule has 1 aliphatic carbocycles. The zero-order valence-corrected chi connectivity index (χ0v) is 19.4. The van der Waals surface area contributed by atoms with Gasteiger partial charge in [-0.05, 0) is 61.3 Å². The zero-order valence-electron chi connectivity index (χ0n) is 19.4. The van der Waals surface area contributed by atoms with Crippen molar-refractivity contribution in [1.82, 2.24) is 0 Å². The summed E-state index contributed by atoms with van der Waals surface area (Å²) in [7, 11) is 0. The largest absolute Gasteiger partial charge is 0.463 e. The van der Waals surface area contributed by atoms with Crippen LogP contribution in [0.2, 0.25) is 0 Å². The van der Waals surface area contributed by atoms with Crippen LogP contribution in [0.25, 0.3) is 0 Å². The minimum absolute atomic E-state index is 0.0908. The van der Waals surface area contributed by atoms with E-state index in [0.29, 0.717) is 25.7 Å². The number of carbonyl (C=O) groups is 2. The van der Waals surface area contributed by atoms with Gasteiger partial charge in [-0.2, -0.15) is 0 Å². The Labute approximate surface area is 176 Å². The average molecular weight is 407 g/mol. The third-order valence-electron chi connectivity index (χ3n) is 4.61. The third-order valence-corrected chi connectivity index (χ3v) is 4.61. The molecule has 0 N–H and O–H groups in total. The number of ether oxygens (including phenoxy) is 3. The number of hydrogen-bond donors (Lipinski definition) is 0. The SMILES string of the molecule is CCOC(=O)C1(OC(C)=O)CCC(OC(C)(C)C)CC1.Cc1cc(C)cc(C)c1. The molecule has 5 heteroatoms. The Morgan fingerprint density at radius 3 is 1.79 bits per heavy atom. The van der Waals surface area contributed by atoms with E-state index in [-0.39, 0.29) is 18.3 Å². The molecule has 1 aliphatic rings. The molecule has 1 fully saturated rings. The van der Waals surface area contributed by atoms with E-state index in [1.807, 2.05) is 20.8 Å². The molecule has 2 rings (SSSR count). The third kappa shape index (κ3) is 8.99. The first-order valence-corrected chi connectivity index (χ1v) is 10.5. The number of aryl methyl sites for hydroxylation is 3. The highest BCUT2D eigenvalue weighted by Gasteiger charge is 2.47. The standard InChI is InChI=1S/C15H26O5.C9H12/c1-6-18-13(17)15(19-11(2)16)9-7-12(8-10-15)20-14(3,4)5;1-7-4-8(2)6-9(3)5-7/h12H,6-10H2,1-5H3;4-6H,1-3H3. The van der Waals surface area contributed by atoms with E-state index in [1.165, 1.54) is 23.6 Å². The van der Waals surface area contributed by atoms with Crippen LogP contribution < -0.4 is 0 Å². The first-order chi connectivity index (χ1) is 13.4. The molecule has 5 nitrogen and oxygen atoms in total. The predicted octanol–water partition coefficient (Wildman–Crippen LogP) is 5.22. The Kier molecular flexibility index (Phi) is 9.34. The van der Waals surface area contributed by atoms with Crippen LogP contribution in [0.15, 0.2) is 18.2 Å². The van der Waals surface area contributed by atoms with Crippen molar-refractivity contribution in [1.29, 1.82) is 0 Å². The van der Waals surface area contributed by atoms with Crippen LogP contribution in [0, 0.1) is 20.8 Å². The summed E-state index contributed by atoms with van der Waals surface area (Å²) in [6.07, 6.45) is 2.36. The van der Waals surface area contributed by atoms with Crippen LogP contribution in [-0.4, -0.2) is 35.9 Å². The van der Waals surface area contributed by atoms with Gasteiger partial charge >= 0.3 is 11.9 Å². The molecule has 0 atom stereocenters. The van der Waals surface area contributed by atoms with Gasteiger partial charge < -0.3 is 14.2 Å². The smallest absolute Gasteiger partial charge is 0.350 e. The molecule has 0 amide bonds. The van der Waals surface area contributed by atoms with E-state index in [4.69, 9.17) is 14.2 Å². The van der Waals surface area contributed by atoms with Gasteiger partial charge in [-0.25, -0.2) is 4.79 Å². The molecule has 29 heavy (non-hydrogen) atoms. The number of carbonyl (C=O) groups excluding carboxylic acids is 2. The van der Waals surface area contributed by atoms with Crippen LogP contribution in [0.5, 0.6) is 0 Å². The molecule has 0 aromatic heterocycles. The molecule has 0 unspecified atom stereocenters. The van der Waals surface area contributed by atoms with E-state index in [0.717, 1.165) is 0 Å². The van der Waals surface area contributed by atoms with Gasteiger partial charge in [0.05, 0.1) is 18.3 Å². The molecular weight excluding hydrogens is 368 g/mol. The molecule has 1 saturated carbocycles. The van der Waals surface area contributed by atoms with Crippen LogP contribution in [0.4, 0.5) is 0 Å². The molecule has 164 valence electrons. The van der Waals surface area contributed by atoms with Crippen molar-refractivity contribution >= 4 is 11.9 Å². The van der Waals surface area contributed by atoms with Gasteiger partial charge in [-0.1, -0.05) is 34.9 Å². The molecule has 0 heterocycles. The van der Waals surface area contributed by atoms with E-state index in [2.05, 4.69) is 39.0 Å². The fourth-order valence-electron chi connectivity index (χ4n) is 3.76. The van der Waals surface area contributed by atoms with Gasteiger partial charge in [0.25, 0.3) is 0 Å². The molecule has 0 radical (unpaired) electrons. The van der Waals surface area contributed by atoms with Gasteiger partial charge in [0.15, 0.2) is 0 Å². The van der Waals surface area contributed by atoms with Crippen molar-refractivity contribution in [3.8, 4) is 0 Å². The van der Waals surface area contributed by atoms with Crippen LogP contribution in [0.3, 0.4) is 0 Å². The second-order valence-electron chi connectivity index (χ2n) is 8.90. The quantitative estimate of drug-likeness (QED) is 0.642. The Balaban J connectivity index is 0.000000387. The second kappa shape index (κ2) is 10.8. The predicted molar refractivity (Wildman–Crippen MR) is 115 cm³/mol. The average Bonchev–Trinajstić information content (AvgIpc) is 2.54. The van der Waals surface area contributed by atoms with Gasteiger partial charge in [0.2, 0.25) is 5.60 Å². The van der Waals surface area contributed by atoms with Crippen LogP contribution in [-0.2, 0) is 23.8 Å². The maximum atomic E-state index is 12.1. The summed E-state index contributed by atoms with van der Waals surface area (Å²) in [5.41, 5.74) is 2.72. The van der Waals surface area contributed by atoms with E-state index in [1.54, 1.807) is 6.92 Å². The summed E-state index contributed by atoms with van der Waals surface area (Å²) in [5, 5.41) is 0. The fourth-order valence-corrected chi connectivity index (χ4v) is 3.76. The van der Waals surface area contributed by atoms with Crippen molar-refractivity contribution in [2.24, 2.45) is 0 Å². The highest BCUT2D eigenvalue weighted by Crippen LogP contribution is 2.35. The summed E-state index contributed by atoms with van der Waals surface area (Å²) in [6, 6.07) is 6.56. The second-order valence-corrected chi connectivity index (χ2v) is 8.90. The highest BCUT2D eigenvalue weighted by atomic mass is 16.6. The van der Waals surface area contributed by atoms with Crippen molar-refractivity contribution < 1.29 is 23.8 Å². The van der Waals surface area contributed by atoms with Gasteiger partial charge in [0, 0.05) is 19.8 Å². The lowest BCUT2D eigenvalue weighted by Gasteiger charge is -2.39. The van der Waals surface area contributed by atoms with Gasteiger partial charge in [0.1, 0.15) is 0 Å². The van der Waals surface area contributed by atoms with Crippen LogP contribution >= 0.6 is 0 Å². The maximum Gasteiger partial charge on any atom is 0.350 e. The topological polar surface area (TPSA) is 61.8 Å². The summed E-state index contributed by atoms with van der Waals surface area (Å²) >= 11 is 0. The number of benzene rings is 1. The zero-order chi connectivity index (χ0) is 22.2. The summed E-state index contributed by atoms with van der Waals surface area (Å²) in [6.45, 7) is 15.7. The molecule has 1 aromatic rings. The Morgan fingerprint density at radius 1 is 1.00 bits per heavy atom. The molecule has 0 saturated heterocycles. The number of rotatable bonds is 4. The first-order valence-electron chi connectivity index (χ1n) is 10.5. The van der Waals surface area contributed by atoms with Crippen molar-refractivity contribution in [2.75, 3.05) is 6.61 Å². The summed E-state index contributed by atoms with van der Waals surface area (Å²) in [5.74, 6) is -0.891. The fraction of sp³-hybridized carbons (Fsp3) is 0.667. The van der Waals surface area contributed by atoms with Gasteiger partial charge in [-0.3, -0.25) is 4.79 Å². The Bertz CT molecular complexity index is 629. The Hall–Kier alpha value is -1.88. The molecule has 0 spiro atoms. The maximum absolute atomic E-state index is 12.1. The minimum Gasteiger partial charge on any atom is -0.463 e. The lowest BCUT2D eigenvalue weighted by atomic mass is 9.82. The van der Waals surface area contributed by atoms with Crippen molar-refractivity contribution in [3.05, 3.63) is 34.9 Å². The molecular formula is C24H38O5. The van der Waals surface area contributed by atoms with Crippen LogP contribution in [0.1, 0.15) is 77.0 Å². The lowest BCUT2D eigenvalue weighted by molar-refractivity contribution is -0.190. The van der Waals surface area contributed by atoms with Crippen molar-refractivity contribution in [2.45, 2.75) is 98.4 Å². The van der Waals surface area contributed by atoms with E-state index < -0.39 is 17.5 Å². The number of esters is 2. The normalized spacial score (nSPS) is 21.6. The minimum atomic E-state index is -1.13. The van der Waals surface area contributed by atoms with Gasteiger partial charge in [-0.15, -0.1) is 0 Å². The summed E-state index contributed by atoms with van der Waals surface area (Å²) in [4.78, 5) is 23.4. The number of hydrogen-bond acceptors (Lipinski definition) is 5. The molecule has 0 bridgehead atoms. The Morgan fingerprint density at radius 2 is 1.45 bits per heavy atom. The van der Waals surface area contributed by atoms with E-state index in [9.17, 15) is 9.59 Å². The summed E-state index contributed by atoms with van der Waals surface area (Å²) < 4.78 is 16.3.